The van der Waals surface area contributed by atoms with E-state index in [4.69, 9.17) is 4.99 Å². The van der Waals surface area contributed by atoms with Crippen LogP contribution in [0, 0.1) is 5.92 Å². The van der Waals surface area contributed by atoms with Crippen molar-refractivity contribution in [3.8, 4) is 0 Å². The van der Waals surface area contributed by atoms with Crippen molar-refractivity contribution in [3.63, 3.8) is 0 Å². The molecular weight excluding hydrogens is 410 g/mol. The smallest absolute Gasteiger partial charge is 0.227 e. The Balaban J connectivity index is 1.32. The zero-order chi connectivity index (χ0) is 22.8. The van der Waals surface area contributed by atoms with Crippen LogP contribution in [0.1, 0.15) is 31.2 Å². The lowest BCUT2D eigenvalue weighted by Crippen LogP contribution is -2.51. The minimum atomic E-state index is -0.00848. The first-order chi connectivity index (χ1) is 16.1. The van der Waals surface area contributed by atoms with E-state index in [1.807, 2.05) is 30.2 Å². The Kier molecular flexibility index (Phi) is 5.99. The van der Waals surface area contributed by atoms with Gasteiger partial charge >= 0.3 is 0 Å². The van der Waals surface area contributed by atoms with Crippen molar-refractivity contribution in [3.05, 3.63) is 83.9 Å². The topological polar surface area (TPSA) is 52.0 Å². The summed E-state index contributed by atoms with van der Waals surface area (Å²) in [4.78, 5) is 28.9. The van der Waals surface area contributed by atoms with Gasteiger partial charge in [-0.25, -0.2) is 4.99 Å². The van der Waals surface area contributed by atoms with Crippen LogP contribution in [0.15, 0.2) is 83.3 Å². The highest BCUT2D eigenvalue weighted by atomic mass is 16.2. The number of allylic oxidation sites excluding steroid dienone is 4. The van der Waals surface area contributed by atoms with E-state index in [9.17, 15) is 4.79 Å². The van der Waals surface area contributed by atoms with Gasteiger partial charge in [-0.3, -0.25) is 9.78 Å². The number of hydrogen-bond donors (Lipinski definition) is 0. The molecule has 0 N–H and O–H groups in total. The molecule has 1 fully saturated rings. The molecule has 33 heavy (non-hydrogen) atoms. The first kappa shape index (κ1) is 21.4. The highest BCUT2D eigenvalue weighted by molar-refractivity contribution is 5.91. The number of piperidine rings is 1. The number of aliphatic imine (C=N–C) groups is 1. The molecule has 1 atom stereocenters. The number of rotatable bonds is 2. The SMILES string of the molecule is C=C1C=C(c2ccncc2)N=C(N2CCCC(C(=O)N3CCC4=C(C=CCC=C4)C3)C2)N1C. The van der Waals surface area contributed by atoms with Crippen molar-refractivity contribution in [2.45, 2.75) is 25.7 Å². The van der Waals surface area contributed by atoms with Gasteiger partial charge in [-0.1, -0.05) is 30.9 Å². The average Bonchev–Trinajstić information content (AvgIpc) is 3.11. The van der Waals surface area contributed by atoms with Gasteiger partial charge in [-0.15, -0.1) is 0 Å². The van der Waals surface area contributed by atoms with Crippen LogP contribution in [0.25, 0.3) is 5.70 Å². The summed E-state index contributed by atoms with van der Waals surface area (Å²) in [5, 5.41) is 0. The second kappa shape index (κ2) is 9.22. The van der Waals surface area contributed by atoms with Crippen LogP contribution < -0.4 is 0 Å². The second-order valence-electron chi connectivity index (χ2n) is 9.11. The standard InChI is InChI=1S/C27H31N5O/c1-20-17-25(22-10-13-28-14-11-22)29-27(30(20)2)32-15-6-9-24(19-32)26(33)31-16-12-21-7-4-3-5-8-23(21)18-31/h4-5,7-8,10-11,13-14,17,24H,1,3,6,9,12,15-16,18-19H2,2H3. The number of likely N-dealkylation sites (N-methyl/N-ethyl adjacent to an activating group) is 1. The molecule has 1 amide bonds. The summed E-state index contributed by atoms with van der Waals surface area (Å²) in [6.45, 7) is 7.34. The van der Waals surface area contributed by atoms with Crippen molar-refractivity contribution >= 4 is 17.6 Å². The van der Waals surface area contributed by atoms with Crippen LogP contribution in [0.2, 0.25) is 0 Å². The lowest BCUT2D eigenvalue weighted by atomic mass is 9.94. The van der Waals surface area contributed by atoms with Crippen molar-refractivity contribution in [2.75, 3.05) is 33.2 Å². The summed E-state index contributed by atoms with van der Waals surface area (Å²) >= 11 is 0. The Labute approximate surface area is 196 Å². The number of likely N-dealkylation sites (tertiary alicyclic amines) is 1. The number of pyridine rings is 1. The molecule has 6 heteroatoms. The third-order valence-electron chi connectivity index (χ3n) is 6.93. The van der Waals surface area contributed by atoms with Crippen molar-refractivity contribution in [1.29, 1.82) is 0 Å². The molecule has 4 aliphatic rings. The first-order valence-corrected chi connectivity index (χ1v) is 11.8. The van der Waals surface area contributed by atoms with E-state index in [1.54, 1.807) is 12.4 Å². The summed E-state index contributed by atoms with van der Waals surface area (Å²) < 4.78 is 0. The molecular formula is C27H31N5O. The highest BCUT2D eigenvalue weighted by Gasteiger charge is 2.34. The first-order valence-electron chi connectivity index (χ1n) is 11.8. The normalized spacial score (nSPS) is 23.2. The maximum Gasteiger partial charge on any atom is 0.227 e. The third kappa shape index (κ3) is 4.42. The number of carbonyl (C=O) groups excluding carboxylic acids is 1. The number of guanidine groups is 1. The minimum Gasteiger partial charge on any atom is -0.341 e. The van der Waals surface area contributed by atoms with E-state index in [1.165, 1.54) is 11.1 Å². The van der Waals surface area contributed by atoms with Gasteiger partial charge in [0.2, 0.25) is 11.9 Å². The zero-order valence-electron chi connectivity index (χ0n) is 19.3. The lowest BCUT2D eigenvalue weighted by Gasteiger charge is -2.41. The van der Waals surface area contributed by atoms with E-state index in [0.29, 0.717) is 6.54 Å². The maximum atomic E-state index is 13.5. The summed E-state index contributed by atoms with van der Waals surface area (Å²) in [5.74, 6) is 1.13. The van der Waals surface area contributed by atoms with Gasteiger partial charge in [0.15, 0.2) is 0 Å². The molecule has 170 valence electrons. The quantitative estimate of drug-likeness (QED) is 0.696. The Morgan fingerprint density at radius 1 is 1.12 bits per heavy atom. The zero-order valence-corrected chi connectivity index (χ0v) is 19.3. The van der Waals surface area contributed by atoms with Gasteiger partial charge in [0.1, 0.15) is 0 Å². The van der Waals surface area contributed by atoms with Gasteiger partial charge in [0, 0.05) is 56.9 Å². The predicted molar refractivity (Wildman–Crippen MR) is 132 cm³/mol. The second-order valence-corrected chi connectivity index (χ2v) is 9.11. The van der Waals surface area contributed by atoms with E-state index in [-0.39, 0.29) is 11.8 Å². The fraction of sp³-hybridized carbons (Fsp3) is 0.370. The molecule has 4 heterocycles. The molecule has 6 nitrogen and oxygen atoms in total. The molecule has 1 aromatic rings. The molecule has 1 saturated heterocycles. The Morgan fingerprint density at radius 2 is 1.91 bits per heavy atom. The average molecular weight is 442 g/mol. The summed E-state index contributed by atoms with van der Waals surface area (Å²) in [6, 6.07) is 3.93. The molecule has 1 aliphatic carbocycles. The van der Waals surface area contributed by atoms with Crippen LogP contribution in [-0.2, 0) is 4.79 Å². The summed E-state index contributed by atoms with van der Waals surface area (Å²) in [5.41, 5.74) is 5.46. The van der Waals surface area contributed by atoms with Crippen LogP contribution in [0.4, 0.5) is 0 Å². The molecule has 0 spiro atoms. The molecule has 0 saturated carbocycles. The number of carbonyl (C=O) groups is 1. The number of aromatic nitrogens is 1. The van der Waals surface area contributed by atoms with Crippen molar-refractivity contribution in [2.24, 2.45) is 10.9 Å². The van der Waals surface area contributed by atoms with Crippen LogP contribution in [0.3, 0.4) is 0 Å². The molecule has 0 radical (unpaired) electrons. The molecule has 3 aliphatic heterocycles. The molecule has 0 bridgehead atoms. The largest absolute Gasteiger partial charge is 0.341 e. The van der Waals surface area contributed by atoms with Gasteiger partial charge < -0.3 is 14.7 Å². The summed E-state index contributed by atoms with van der Waals surface area (Å²) in [7, 11) is 2.00. The Morgan fingerprint density at radius 3 is 2.73 bits per heavy atom. The molecule has 5 rings (SSSR count). The van der Waals surface area contributed by atoms with E-state index >= 15 is 0 Å². The summed E-state index contributed by atoms with van der Waals surface area (Å²) in [6.07, 6.45) is 18.2. The van der Waals surface area contributed by atoms with Crippen molar-refractivity contribution in [1.82, 2.24) is 19.7 Å². The van der Waals surface area contributed by atoms with Crippen molar-refractivity contribution < 1.29 is 4.79 Å². The van der Waals surface area contributed by atoms with Gasteiger partial charge in [0.25, 0.3) is 0 Å². The molecule has 0 aromatic carbocycles. The lowest BCUT2D eigenvalue weighted by molar-refractivity contribution is -0.136. The predicted octanol–water partition coefficient (Wildman–Crippen LogP) is 3.99. The fourth-order valence-corrected chi connectivity index (χ4v) is 5.01. The van der Waals surface area contributed by atoms with Crippen LogP contribution >= 0.6 is 0 Å². The highest BCUT2D eigenvalue weighted by Crippen LogP contribution is 2.29. The van der Waals surface area contributed by atoms with Crippen LogP contribution in [-0.4, -0.2) is 64.8 Å². The maximum absolute atomic E-state index is 13.5. The third-order valence-corrected chi connectivity index (χ3v) is 6.93. The Bertz CT molecular complexity index is 1090. The number of nitrogens with zero attached hydrogens (tertiary/aromatic N) is 5. The monoisotopic (exact) mass is 441 g/mol. The minimum absolute atomic E-state index is 0.00848. The van der Waals surface area contributed by atoms with Gasteiger partial charge in [-0.2, -0.15) is 0 Å². The number of amides is 1. The van der Waals surface area contributed by atoms with Gasteiger partial charge in [-0.05, 0) is 55.0 Å². The van der Waals surface area contributed by atoms with Gasteiger partial charge in [0.05, 0.1) is 11.6 Å². The number of hydrogen-bond acceptors (Lipinski definition) is 5. The van der Waals surface area contributed by atoms with E-state index < -0.39 is 0 Å². The van der Waals surface area contributed by atoms with E-state index in [0.717, 1.165) is 68.2 Å². The Hall–Kier alpha value is -3.41. The molecule has 1 unspecified atom stereocenters. The molecule has 1 aromatic heterocycles. The van der Waals surface area contributed by atoms with Crippen LogP contribution in [0.5, 0.6) is 0 Å². The van der Waals surface area contributed by atoms with E-state index in [2.05, 4.69) is 45.7 Å². The fourth-order valence-electron chi connectivity index (χ4n) is 5.01.